The first-order chi connectivity index (χ1) is 7.86. The first-order valence-electron chi connectivity index (χ1n) is 5.72. The molecule has 16 heavy (non-hydrogen) atoms. The molecule has 1 aliphatic carbocycles. The van der Waals surface area contributed by atoms with Gasteiger partial charge in [-0.2, -0.15) is 0 Å². The summed E-state index contributed by atoms with van der Waals surface area (Å²) in [5.41, 5.74) is 1.07. The molecule has 84 valence electrons. The molecule has 2 heterocycles. The van der Waals surface area contributed by atoms with Crippen molar-refractivity contribution in [3.63, 3.8) is 0 Å². The smallest absolute Gasteiger partial charge is 0.128 e. The van der Waals surface area contributed by atoms with Crippen LogP contribution in [0.3, 0.4) is 0 Å². The minimum atomic E-state index is 0.634. The van der Waals surface area contributed by atoms with Gasteiger partial charge in [0.05, 0.1) is 0 Å². The molecule has 1 N–H and O–H groups in total. The second kappa shape index (κ2) is 3.77. The van der Waals surface area contributed by atoms with Gasteiger partial charge in [0.15, 0.2) is 0 Å². The van der Waals surface area contributed by atoms with Gasteiger partial charge in [-0.25, -0.2) is 4.98 Å². The summed E-state index contributed by atoms with van der Waals surface area (Å²) in [4.78, 5) is 6.82. The molecule has 0 spiro atoms. The summed E-state index contributed by atoms with van der Waals surface area (Å²) in [5, 5.41) is 11.3. The molecule has 1 saturated heterocycles. The summed E-state index contributed by atoms with van der Waals surface area (Å²) in [6, 6.07) is 4.11. The van der Waals surface area contributed by atoms with Crippen LogP contribution in [0.2, 0.25) is 0 Å². The second-order valence-corrected chi connectivity index (χ2v) is 4.69. The Labute approximate surface area is 94.6 Å². The van der Waals surface area contributed by atoms with Gasteiger partial charge in [-0.1, -0.05) is 6.07 Å². The molecule has 4 nitrogen and oxygen atoms in total. The molecule has 2 fully saturated rings. The van der Waals surface area contributed by atoms with Crippen LogP contribution in [0.15, 0.2) is 23.5 Å². The Morgan fingerprint density at radius 2 is 2.25 bits per heavy atom. The average molecular weight is 217 g/mol. The van der Waals surface area contributed by atoms with Crippen LogP contribution in [0.1, 0.15) is 12.0 Å². The molecule has 4 heteroatoms. The van der Waals surface area contributed by atoms with E-state index in [1.807, 2.05) is 12.3 Å². The van der Waals surface area contributed by atoms with Crippen molar-refractivity contribution in [3.05, 3.63) is 23.9 Å². The van der Waals surface area contributed by atoms with Gasteiger partial charge in [-0.15, -0.1) is 5.16 Å². The third kappa shape index (κ3) is 1.75. The molecular formula is C12H15N3O. The maximum absolute atomic E-state index is 8.33. The molecule has 1 aromatic rings. The average Bonchev–Trinajstić information content (AvgIpc) is 2.94. The molecule has 3 rings (SSSR count). The normalized spacial score (nSPS) is 27.4. The molecule has 1 aliphatic heterocycles. The quantitative estimate of drug-likeness (QED) is 0.474. The van der Waals surface area contributed by atoms with E-state index in [1.165, 1.54) is 25.7 Å². The lowest BCUT2D eigenvalue weighted by molar-refractivity contribution is 0.321. The number of nitrogens with zero attached hydrogens (tertiary/aromatic N) is 3. The van der Waals surface area contributed by atoms with E-state index >= 15 is 0 Å². The van der Waals surface area contributed by atoms with Crippen molar-refractivity contribution in [1.29, 1.82) is 0 Å². The highest BCUT2D eigenvalue weighted by Gasteiger charge is 2.45. The molecule has 1 saturated carbocycles. The predicted octanol–water partition coefficient (Wildman–Crippen LogP) is 1.54. The number of aromatic nitrogens is 1. The van der Waals surface area contributed by atoms with Gasteiger partial charge in [0.2, 0.25) is 0 Å². The molecule has 1 aromatic heterocycles. The second-order valence-electron chi connectivity index (χ2n) is 4.69. The molecule has 2 atom stereocenters. The number of rotatable bonds is 3. The van der Waals surface area contributed by atoms with Gasteiger partial charge >= 0.3 is 0 Å². The Hall–Kier alpha value is -1.58. The SMILES string of the molecule is O/N=C/Cc1ccc(N2CC3CC3C2)nc1. The lowest BCUT2D eigenvalue weighted by atomic mass is 10.2. The Bertz CT molecular complexity index is 391. The fraction of sp³-hybridized carbons (Fsp3) is 0.500. The Balaban J connectivity index is 1.67. The van der Waals surface area contributed by atoms with Crippen LogP contribution in [0, 0.1) is 11.8 Å². The molecular weight excluding hydrogens is 202 g/mol. The van der Waals surface area contributed by atoms with E-state index in [9.17, 15) is 0 Å². The Morgan fingerprint density at radius 3 is 2.88 bits per heavy atom. The van der Waals surface area contributed by atoms with Crippen LogP contribution in [0.5, 0.6) is 0 Å². The zero-order valence-corrected chi connectivity index (χ0v) is 9.08. The Kier molecular flexibility index (Phi) is 2.27. The number of pyridine rings is 1. The minimum Gasteiger partial charge on any atom is -0.411 e. The van der Waals surface area contributed by atoms with Crippen LogP contribution < -0.4 is 4.90 Å². The first kappa shape index (κ1) is 9.63. The van der Waals surface area contributed by atoms with Gasteiger partial charge in [0.25, 0.3) is 0 Å². The largest absolute Gasteiger partial charge is 0.411 e. The number of piperidine rings is 1. The number of oxime groups is 1. The van der Waals surface area contributed by atoms with Crippen LogP contribution in [0.4, 0.5) is 5.82 Å². The lowest BCUT2D eigenvalue weighted by Crippen LogP contribution is -2.22. The fourth-order valence-corrected chi connectivity index (χ4v) is 2.46. The highest BCUT2D eigenvalue weighted by Crippen LogP contribution is 2.45. The summed E-state index contributed by atoms with van der Waals surface area (Å²) in [6.45, 7) is 2.35. The summed E-state index contributed by atoms with van der Waals surface area (Å²) in [7, 11) is 0. The highest BCUT2D eigenvalue weighted by atomic mass is 16.4. The standard InChI is InChI=1S/C12H15N3O/c16-14-4-3-9-1-2-12(13-6-9)15-7-10-5-11(10)8-15/h1-2,4,6,10-11,16H,3,5,7-8H2/b14-4+. The molecule has 0 bridgehead atoms. The van der Waals surface area contributed by atoms with E-state index in [0.29, 0.717) is 6.42 Å². The molecule has 0 amide bonds. The van der Waals surface area contributed by atoms with Gasteiger partial charge in [0.1, 0.15) is 5.82 Å². The van der Waals surface area contributed by atoms with Gasteiger partial charge in [0, 0.05) is 31.9 Å². The van der Waals surface area contributed by atoms with E-state index in [4.69, 9.17) is 5.21 Å². The van der Waals surface area contributed by atoms with E-state index < -0.39 is 0 Å². The number of hydrogen-bond acceptors (Lipinski definition) is 4. The van der Waals surface area contributed by atoms with Crippen molar-refractivity contribution < 1.29 is 5.21 Å². The molecule has 2 aliphatic rings. The molecule has 0 radical (unpaired) electrons. The number of hydrogen-bond donors (Lipinski definition) is 1. The third-order valence-electron chi connectivity index (χ3n) is 3.52. The zero-order chi connectivity index (χ0) is 11.0. The third-order valence-corrected chi connectivity index (χ3v) is 3.52. The first-order valence-corrected chi connectivity index (χ1v) is 5.72. The highest BCUT2D eigenvalue weighted by molar-refractivity contribution is 5.60. The van der Waals surface area contributed by atoms with Gasteiger partial charge in [-0.3, -0.25) is 0 Å². The monoisotopic (exact) mass is 217 g/mol. The fourth-order valence-electron chi connectivity index (χ4n) is 2.46. The van der Waals surface area contributed by atoms with E-state index in [1.54, 1.807) is 0 Å². The van der Waals surface area contributed by atoms with Crippen molar-refractivity contribution in [2.75, 3.05) is 18.0 Å². The van der Waals surface area contributed by atoms with Crippen LogP contribution >= 0.6 is 0 Å². The van der Waals surface area contributed by atoms with Crippen LogP contribution in [0.25, 0.3) is 0 Å². The van der Waals surface area contributed by atoms with E-state index in [-0.39, 0.29) is 0 Å². The van der Waals surface area contributed by atoms with Gasteiger partial charge < -0.3 is 10.1 Å². The maximum Gasteiger partial charge on any atom is 0.128 e. The molecule has 2 unspecified atom stereocenters. The summed E-state index contributed by atoms with van der Waals surface area (Å²) >= 11 is 0. The van der Waals surface area contributed by atoms with E-state index in [0.717, 1.165) is 23.2 Å². The van der Waals surface area contributed by atoms with Crippen molar-refractivity contribution in [2.45, 2.75) is 12.8 Å². The summed E-state index contributed by atoms with van der Waals surface area (Å²) in [5.74, 6) is 2.95. The Morgan fingerprint density at radius 1 is 1.44 bits per heavy atom. The number of anilines is 1. The maximum atomic E-state index is 8.33. The summed E-state index contributed by atoms with van der Waals surface area (Å²) < 4.78 is 0. The van der Waals surface area contributed by atoms with E-state index in [2.05, 4.69) is 21.1 Å². The minimum absolute atomic E-state index is 0.634. The van der Waals surface area contributed by atoms with Crippen molar-refractivity contribution in [1.82, 2.24) is 4.98 Å². The topological polar surface area (TPSA) is 48.7 Å². The lowest BCUT2D eigenvalue weighted by Gasteiger charge is -2.18. The van der Waals surface area contributed by atoms with Crippen LogP contribution in [-0.4, -0.2) is 29.5 Å². The summed E-state index contributed by atoms with van der Waals surface area (Å²) in [6.07, 6.45) is 5.39. The van der Waals surface area contributed by atoms with Gasteiger partial charge in [-0.05, 0) is 29.9 Å². The van der Waals surface area contributed by atoms with Crippen molar-refractivity contribution in [3.8, 4) is 0 Å². The van der Waals surface area contributed by atoms with Crippen molar-refractivity contribution >= 4 is 12.0 Å². The zero-order valence-electron chi connectivity index (χ0n) is 9.08. The number of fused-ring (bicyclic) bond motifs is 1. The predicted molar refractivity (Wildman–Crippen MR) is 62.0 cm³/mol. The van der Waals surface area contributed by atoms with Crippen LogP contribution in [-0.2, 0) is 6.42 Å². The van der Waals surface area contributed by atoms with Crippen molar-refractivity contribution in [2.24, 2.45) is 17.0 Å². The molecule has 0 aromatic carbocycles.